The van der Waals surface area contributed by atoms with Gasteiger partial charge in [0.15, 0.2) is 0 Å². The van der Waals surface area contributed by atoms with Gasteiger partial charge >= 0.3 is 0 Å². The molecule has 3 rings (SSSR count). The molecule has 0 radical (unpaired) electrons. The quantitative estimate of drug-likeness (QED) is 0.448. The second-order valence-corrected chi connectivity index (χ2v) is 8.53. The fourth-order valence-electron chi connectivity index (χ4n) is 3.82. The highest BCUT2D eigenvalue weighted by Gasteiger charge is 2.53. The second-order valence-electron chi connectivity index (χ2n) is 8.12. The van der Waals surface area contributed by atoms with Crippen LogP contribution in [0.1, 0.15) is 47.9 Å². The summed E-state index contributed by atoms with van der Waals surface area (Å²) in [6, 6.07) is 12.3. The Morgan fingerprint density at radius 2 is 1.68 bits per heavy atom. The maximum Gasteiger partial charge on any atom is 0.222 e. The van der Waals surface area contributed by atoms with E-state index >= 15 is 0 Å². The lowest BCUT2D eigenvalue weighted by Gasteiger charge is -2.45. The number of ether oxygens (including phenoxy) is 1. The lowest BCUT2D eigenvalue weighted by Crippen LogP contribution is -2.63. The molecule has 0 aromatic heterocycles. The Kier molecular flexibility index (Phi) is 7.09. The molecule has 6 nitrogen and oxygen atoms in total. The maximum absolute atomic E-state index is 11.1. The first-order valence-electron chi connectivity index (χ1n) is 10.0. The van der Waals surface area contributed by atoms with Gasteiger partial charge in [-0.1, -0.05) is 61.7 Å². The molecule has 2 aromatic rings. The van der Waals surface area contributed by atoms with Crippen molar-refractivity contribution < 1.29 is 30.3 Å². The van der Waals surface area contributed by atoms with Gasteiger partial charge in [-0.15, -0.1) is 6.42 Å². The summed E-state index contributed by atoms with van der Waals surface area (Å²) >= 11 is 6.42. The molecule has 0 spiro atoms. The largest absolute Gasteiger partial charge is 0.394 e. The van der Waals surface area contributed by atoms with Crippen molar-refractivity contribution in [2.24, 2.45) is 0 Å². The molecule has 166 valence electrons. The molecule has 0 amide bonds. The van der Waals surface area contributed by atoms with Gasteiger partial charge in [-0.2, -0.15) is 0 Å². The van der Waals surface area contributed by atoms with Gasteiger partial charge in [-0.3, -0.25) is 0 Å². The molecule has 2 aromatic carbocycles. The molecule has 1 fully saturated rings. The zero-order valence-corrected chi connectivity index (χ0v) is 18.1. The Hall–Kier alpha value is -1.95. The van der Waals surface area contributed by atoms with Crippen molar-refractivity contribution in [1.82, 2.24) is 0 Å². The second kappa shape index (κ2) is 9.27. The van der Waals surface area contributed by atoms with E-state index in [2.05, 4.69) is 19.8 Å². The minimum Gasteiger partial charge on any atom is -0.394 e. The standard InChI is InChI=1S/C24H27ClO6/c1-4-17(15-7-5-14(6-8-15)13(2)3)18-11-16(9-10-19(18)25)24(30)23(29)22(28)21(27)20(12-26)31-24/h1,5-11,13,17,20-23,26-30H,12H2,2-3H3/t17?,20-,21-,22+,23-,24+/m1/s1. The van der Waals surface area contributed by atoms with Gasteiger partial charge in [-0.25, -0.2) is 0 Å². The molecule has 0 saturated carbocycles. The van der Waals surface area contributed by atoms with Crippen molar-refractivity contribution >= 4 is 11.6 Å². The number of rotatable bonds is 5. The predicted molar refractivity (Wildman–Crippen MR) is 117 cm³/mol. The molecule has 1 unspecified atom stereocenters. The van der Waals surface area contributed by atoms with Crippen LogP contribution in [0, 0.1) is 12.3 Å². The predicted octanol–water partition coefficient (Wildman–Crippen LogP) is 1.85. The normalized spacial score (nSPS) is 29.5. The molecular formula is C24H27ClO6. The van der Waals surface area contributed by atoms with Gasteiger partial charge < -0.3 is 30.3 Å². The van der Waals surface area contributed by atoms with E-state index in [0.717, 1.165) is 11.1 Å². The number of aliphatic hydroxyl groups is 5. The van der Waals surface area contributed by atoms with Gasteiger partial charge in [0, 0.05) is 10.6 Å². The minimum atomic E-state index is -2.38. The highest BCUT2D eigenvalue weighted by atomic mass is 35.5. The summed E-state index contributed by atoms with van der Waals surface area (Å²) in [5.41, 5.74) is 2.58. The topological polar surface area (TPSA) is 110 Å². The third-order valence-electron chi connectivity index (χ3n) is 5.79. The average molecular weight is 447 g/mol. The summed E-state index contributed by atoms with van der Waals surface area (Å²) in [7, 11) is 0. The molecular weight excluding hydrogens is 420 g/mol. The molecule has 7 heteroatoms. The zero-order chi connectivity index (χ0) is 22.9. The van der Waals surface area contributed by atoms with Gasteiger partial charge in [0.25, 0.3) is 0 Å². The summed E-state index contributed by atoms with van der Waals surface area (Å²) in [6.45, 7) is 3.52. The number of halogens is 1. The maximum atomic E-state index is 11.1. The van der Waals surface area contributed by atoms with Crippen LogP contribution in [0.4, 0.5) is 0 Å². The van der Waals surface area contributed by atoms with Gasteiger partial charge in [0.1, 0.15) is 24.4 Å². The monoisotopic (exact) mass is 446 g/mol. The molecule has 5 N–H and O–H groups in total. The average Bonchev–Trinajstić information content (AvgIpc) is 2.77. The van der Waals surface area contributed by atoms with E-state index in [1.807, 2.05) is 24.3 Å². The lowest BCUT2D eigenvalue weighted by atomic mass is 9.85. The number of hydrogen-bond acceptors (Lipinski definition) is 6. The van der Waals surface area contributed by atoms with Crippen LogP contribution in [0.15, 0.2) is 42.5 Å². The third kappa shape index (κ3) is 4.36. The van der Waals surface area contributed by atoms with Crippen molar-refractivity contribution in [3.8, 4) is 12.3 Å². The van der Waals surface area contributed by atoms with Gasteiger partial charge in [0.2, 0.25) is 5.79 Å². The van der Waals surface area contributed by atoms with Crippen molar-refractivity contribution in [2.45, 2.75) is 55.9 Å². The summed E-state index contributed by atoms with van der Waals surface area (Å²) in [5, 5.41) is 51.5. The van der Waals surface area contributed by atoms with Crippen LogP contribution >= 0.6 is 11.6 Å². The number of terminal acetylenes is 1. The third-order valence-corrected chi connectivity index (χ3v) is 6.13. The lowest BCUT2D eigenvalue weighted by molar-refractivity contribution is -0.357. The summed E-state index contributed by atoms with van der Waals surface area (Å²) in [5.74, 6) is 0.159. The molecule has 31 heavy (non-hydrogen) atoms. The number of benzene rings is 2. The Bertz CT molecular complexity index is 952. The van der Waals surface area contributed by atoms with Crippen LogP contribution in [0.3, 0.4) is 0 Å². The smallest absolute Gasteiger partial charge is 0.222 e. The molecule has 1 aliphatic heterocycles. The highest BCUT2D eigenvalue weighted by molar-refractivity contribution is 6.31. The van der Waals surface area contributed by atoms with Crippen molar-refractivity contribution in [3.63, 3.8) is 0 Å². The van der Waals surface area contributed by atoms with E-state index in [0.29, 0.717) is 16.5 Å². The number of aliphatic hydroxyl groups excluding tert-OH is 4. The Morgan fingerprint density at radius 1 is 1.06 bits per heavy atom. The summed E-state index contributed by atoms with van der Waals surface area (Å²) in [4.78, 5) is 0. The Morgan fingerprint density at radius 3 is 2.23 bits per heavy atom. The van der Waals surface area contributed by atoms with Crippen molar-refractivity contribution in [3.05, 3.63) is 69.7 Å². The van der Waals surface area contributed by atoms with E-state index in [-0.39, 0.29) is 5.56 Å². The first kappa shape index (κ1) is 23.7. The van der Waals surface area contributed by atoms with E-state index in [1.165, 1.54) is 18.2 Å². The zero-order valence-electron chi connectivity index (χ0n) is 17.3. The molecule has 1 saturated heterocycles. The summed E-state index contributed by atoms with van der Waals surface area (Å²) < 4.78 is 5.41. The van der Waals surface area contributed by atoms with Crippen molar-refractivity contribution in [1.29, 1.82) is 0 Å². The van der Waals surface area contributed by atoms with Crippen LogP contribution in [0.25, 0.3) is 0 Å². The first-order valence-corrected chi connectivity index (χ1v) is 10.4. The molecule has 0 bridgehead atoms. The van der Waals surface area contributed by atoms with Gasteiger partial charge in [0.05, 0.1) is 12.5 Å². The molecule has 0 aliphatic carbocycles. The van der Waals surface area contributed by atoms with Crippen LogP contribution in [0.5, 0.6) is 0 Å². The molecule has 6 atom stereocenters. The Labute approximate surface area is 186 Å². The number of hydrogen-bond donors (Lipinski definition) is 5. The van der Waals surface area contributed by atoms with E-state index in [9.17, 15) is 25.5 Å². The van der Waals surface area contributed by atoms with E-state index in [1.54, 1.807) is 0 Å². The summed E-state index contributed by atoms with van der Waals surface area (Å²) in [6.07, 6.45) is -0.644. The Balaban J connectivity index is 2.03. The first-order chi connectivity index (χ1) is 14.6. The highest BCUT2D eigenvalue weighted by Crippen LogP contribution is 2.39. The van der Waals surface area contributed by atoms with Crippen LogP contribution in [-0.4, -0.2) is 56.6 Å². The van der Waals surface area contributed by atoms with Crippen LogP contribution < -0.4 is 0 Å². The fraction of sp³-hybridized carbons (Fsp3) is 0.417. The molecule has 1 heterocycles. The van der Waals surface area contributed by atoms with E-state index < -0.39 is 42.7 Å². The van der Waals surface area contributed by atoms with Crippen molar-refractivity contribution in [2.75, 3.05) is 6.61 Å². The van der Waals surface area contributed by atoms with E-state index in [4.69, 9.17) is 22.8 Å². The van der Waals surface area contributed by atoms with Crippen LogP contribution in [0.2, 0.25) is 5.02 Å². The SMILES string of the molecule is C#CC(c1ccc(C(C)C)cc1)c1cc([C@]2(O)O[C@H](CO)[C@@H](O)[C@H](O)[C@H]2O)ccc1Cl. The van der Waals surface area contributed by atoms with Gasteiger partial charge in [-0.05, 0) is 34.7 Å². The fourth-order valence-corrected chi connectivity index (χ4v) is 4.05. The molecule has 1 aliphatic rings. The van der Waals surface area contributed by atoms with Crippen LogP contribution in [-0.2, 0) is 10.5 Å². The minimum absolute atomic E-state index is 0.0860.